The summed E-state index contributed by atoms with van der Waals surface area (Å²) in [6.07, 6.45) is 4.13. The molecule has 0 spiro atoms. The van der Waals surface area contributed by atoms with Crippen molar-refractivity contribution in [3.8, 4) is 22.6 Å². The van der Waals surface area contributed by atoms with Crippen molar-refractivity contribution >= 4 is 49.9 Å². The number of anilines is 3. The van der Waals surface area contributed by atoms with E-state index in [0.717, 1.165) is 56.1 Å². The quantitative estimate of drug-likeness (QED) is 0.149. The number of para-hydroxylation sites is 4. The maximum atomic E-state index is 4.99. The first-order valence-electron chi connectivity index (χ1n) is 18.7. The van der Waals surface area contributed by atoms with Gasteiger partial charge in [-0.1, -0.05) is 77.6 Å². The monoisotopic (exact) mass is 895 g/mol. The van der Waals surface area contributed by atoms with Crippen LogP contribution < -0.4 is 4.90 Å². The van der Waals surface area contributed by atoms with Gasteiger partial charge in [0.05, 0.1) is 6.04 Å². The van der Waals surface area contributed by atoms with Crippen LogP contribution in [0.4, 0.5) is 17.1 Å². The molecule has 0 unspecified atom stereocenters. The van der Waals surface area contributed by atoms with Crippen molar-refractivity contribution in [2.45, 2.75) is 47.6 Å². The average molecular weight is 896 g/mol. The molecule has 9 rings (SSSR count). The van der Waals surface area contributed by atoms with Crippen LogP contribution in [0.25, 0.3) is 55.5 Å². The molecule has 0 aliphatic rings. The van der Waals surface area contributed by atoms with Crippen LogP contribution in [0.5, 0.6) is 0 Å². The third-order valence-corrected chi connectivity index (χ3v) is 10.7. The van der Waals surface area contributed by atoms with Crippen LogP contribution in [0.15, 0.2) is 140 Å². The molecule has 0 amide bonds. The molecule has 0 atom stereocenters. The number of imidazole rings is 1. The Morgan fingerprint density at radius 1 is 0.618 bits per heavy atom. The van der Waals surface area contributed by atoms with Crippen LogP contribution in [0.3, 0.4) is 0 Å². The van der Waals surface area contributed by atoms with Crippen molar-refractivity contribution < 1.29 is 21.1 Å². The average Bonchev–Trinajstić information content (AvgIpc) is 3.73. The first-order valence-corrected chi connectivity index (χ1v) is 18.7. The Morgan fingerprint density at radius 2 is 1.25 bits per heavy atom. The van der Waals surface area contributed by atoms with Crippen molar-refractivity contribution in [2.75, 3.05) is 4.90 Å². The third-order valence-electron chi connectivity index (χ3n) is 10.7. The van der Waals surface area contributed by atoms with Crippen LogP contribution >= 0.6 is 0 Å². The van der Waals surface area contributed by atoms with E-state index in [2.05, 4.69) is 206 Å². The third kappa shape index (κ3) is 6.17. The summed E-state index contributed by atoms with van der Waals surface area (Å²) < 4.78 is 6.84. The maximum absolute atomic E-state index is 4.99. The van der Waals surface area contributed by atoms with Gasteiger partial charge in [-0.05, 0) is 111 Å². The van der Waals surface area contributed by atoms with Crippen LogP contribution in [0.1, 0.15) is 42.1 Å². The molecule has 55 heavy (non-hydrogen) atoms. The Labute approximate surface area is 337 Å². The Balaban J connectivity index is 0.00000427. The minimum Gasteiger partial charge on any atom is -0.357 e. The molecule has 3 heterocycles. The second-order valence-corrected chi connectivity index (χ2v) is 14.6. The molecule has 0 radical (unpaired) electrons. The number of nitrogens with zero attached hydrogens (tertiary/aromatic N) is 5. The van der Waals surface area contributed by atoms with E-state index in [9.17, 15) is 0 Å². The summed E-state index contributed by atoms with van der Waals surface area (Å²) in [5, 5.41) is 2.30. The van der Waals surface area contributed by atoms with Crippen LogP contribution in [0, 0.1) is 39.8 Å². The molecule has 6 heteroatoms. The number of aryl methyl sites for hydroxylation is 4. The number of pyridine rings is 1. The van der Waals surface area contributed by atoms with Gasteiger partial charge in [-0.3, -0.25) is 0 Å². The van der Waals surface area contributed by atoms with E-state index in [0.29, 0.717) is 6.04 Å². The van der Waals surface area contributed by atoms with Gasteiger partial charge in [0.25, 0.3) is 0 Å². The van der Waals surface area contributed by atoms with E-state index >= 15 is 0 Å². The second kappa shape index (κ2) is 14.5. The van der Waals surface area contributed by atoms with E-state index in [-0.39, 0.29) is 21.1 Å². The molecule has 0 aliphatic carbocycles. The van der Waals surface area contributed by atoms with E-state index in [1.165, 1.54) is 38.7 Å². The van der Waals surface area contributed by atoms with Crippen molar-refractivity contribution in [1.82, 2.24) is 18.7 Å². The summed E-state index contributed by atoms with van der Waals surface area (Å²) >= 11 is 0. The Kier molecular flexibility index (Phi) is 9.53. The first kappa shape index (κ1) is 36.2. The summed E-state index contributed by atoms with van der Waals surface area (Å²) in [4.78, 5) is 7.31. The fourth-order valence-corrected chi connectivity index (χ4v) is 8.20. The van der Waals surface area contributed by atoms with Gasteiger partial charge in [0.1, 0.15) is 5.82 Å². The zero-order chi connectivity index (χ0) is 37.1. The predicted molar refractivity (Wildman–Crippen MR) is 225 cm³/mol. The standard InChI is InChI=1S/C49H42N5.Pt/c1-32(2)51-31-52(45-23-10-9-22-44(45)51)38-18-13-19-39(29-38)53(49-35(5)16-12-17-36(49)6)40-24-25-42-41-20-7-8-21-43(41)54(46(42)30-40)47-28-37(26-27-50-47)48-33(3)14-11-15-34(48)4;/h7-28,31-32H,1-6H3;/q-1;. The number of aromatic nitrogens is 4. The van der Waals surface area contributed by atoms with Gasteiger partial charge < -0.3 is 9.47 Å². The zero-order valence-electron chi connectivity index (χ0n) is 31.9. The maximum Gasteiger partial charge on any atom is 0.188 e. The Hall–Kier alpha value is -5.77. The molecular formula is C49H42N5Pt-. The summed E-state index contributed by atoms with van der Waals surface area (Å²) in [6, 6.07) is 53.5. The van der Waals surface area contributed by atoms with Gasteiger partial charge in [0, 0.05) is 56.3 Å². The van der Waals surface area contributed by atoms with Gasteiger partial charge >= 0.3 is 0 Å². The molecule has 0 bridgehead atoms. The summed E-state index contributed by atoms with van der Waals surface area (Å²) in [7, 11) is 0. The summed E-state index contributed by atoms with van der Waals surface area (Å²) in [5.41, 5.74) is 15.6. The van der Waals surface area contributed by atoms with Crippen LogP contribution in [-0.2, 0) is 21.1 Å². The Bertz CT molecular complexity index is 2840. The first-order chi connectivity index (χ1) is 26.3. The normalized spacial score (nSPS) is 11.5. The summed E-state index contributed by atoms with van der Waals surface area (Å²) in [5.74, 6) is 0.861. The number of hydrogen-bond donors (Lipinski definition) is 0. The number of benzene rings is 6. The second-order valence-electron chi connectivity index (χ2n) is 14.6. The van der Waals surface area contributed by atoms with E-state index in [1.807, 2.05) is 6.20 Å². The Morgan fingerprint density at radius 3 is 1.98 bits per heavy atom. The summed E-state index contributed by atoms with van der Waals surface area (Å²) in [6.45, 7) is 13.2. The fraction of sp³-hybridized carbons (Fsp3) is 0.143. The number of hydrogen-bond acceptors (Lipinski definition) is 2. The number of rotatable bonds is 7. The topological polar surface area (TPSA) is 30.9 Å². The molecule has 9 aromatic rings. The number of fused-ring (bicyclic) bond motifs is 4. The molecular weight excluding hydrogens is 854 g/mol. The predicted octanol–water partition coefficient (Wildman–Crippen LogP) is 12.8. The van der Waals surface area contributed by atoms with Gasteiger partial charge in [-0.25, -0.2) is 14.1 Å². The van der Waals surface area contributed by atoms with Crippen molar-refractivity contribution in [2.24, 2.45) is 0 Å². The van der Waals surface area contributed by atoms with Gasteiger partial charge in [0.2, 0.25) is 0 Å². The van der Waals surface area contributed by atoms with Crippen molar-refractivity contribution in [1.29, 1.82) is 0 Å². The molecule has 0 fully saturated rings. The molecule has 274 valence electrons. The fourth-order valence-electron chi connectivity index (χ4n) is 8.20. The molecule has 3 aromatic heterocycles. The molecule has 6 aromatic carbocycles. The van der Waals surface area contributed by atoms with Gasteiger partial charge in [-0.2, -0.15) is 12.1 Å². The minimum absolute atomic E-state index is 0. The SMILES string of the molecule is Cc1cccc(C)c1-c1ccnc(-n2c3[c-]c(N(c4[c-]c(-n5[cH+]n(C(C)C)c6ccccc65)ccc4)c4c(C)cccc4C)ccc3c3ccccc32)c1.[Pt]. The van der Waals surface area contributed by atoms with Crippen LogP contribution in [-0.4, -0.2) is 18.7 Å². The zero-order valence-corrected chi connectivity index (χ0v) is 34.2. The van der Waals surface area contributed by atoms with Crippen LogP contribution in [0.2, 0.25) is 0 Å². The van der Waals surface area contributed by atoms with Crippen molar-refractivity contribution in [3.63, 3.8) is 0 Å². The smallest absolute Gasteiger partial charge is 0.188 e. The molecule has 0 saturated heterocycles. The van der Waals surface area contributed by atoms with Gasteiger partial charge in [-0.15, -0.1) is 29.7 Å². The van der Waals surface area contributed by atoms with E-state index < -0.39 is 0 Å². The van der Waals surface area contributed by atoms with E-state index in [4.69, 9.17) is 4.98 Å². The molecule has 0 N–H and O–H groups in total. The van der Waals surface area contributed by atoms with E-state index in [1.54, 1.807) is 0 Å². The van der Waals surface area contributed by atoms with Gasteiger partial charge in [0.15, 0.2) is 17.4 Å². The van der Waals surface area contributed by atoms with Crippen molar-refractivity contribution in [3.05, 3.63) is 174 Å². The molecule has 5 nitrogen and oxygen atoms in total. The molecule has 0 aliphatic heterocycles. The largest absolute Gasteiger partial charge is 0.357 e. The minimum atomic E-state index is 0. The molecule has 0 saturated carbocycles.